The van der Waals surface area contributed by atoms with Crippen molar-refractivity contribution in [2.24, 2.45) is 5.92 Å². The van der Waals surface area contributed by atoms with Gasteiger partial charge in [-0.3, -0.25) is 0 Å². The van der Waals surface area contributed by atoms with Crippen LogP contribution in [0.4, 0.5) is 0 Å². The van der Waals surface area contributed by atoms with Crippen LogP contribution in [0.25, 0.3) is 0 Å². The highest BCUT2D eigenvalue weighted by Crippen LogP contribution is 2.31. The highest BCUT2D eigenvalue weighted by Gasteiger charge is 2.47. The van der Waals surface area contributed by atoms with E-state index in [1.807, 2.05) is 20.4 Å². The summed E-state index contributed by atoms with van der Waals surface area (Å²) in [5.74, 6) is 0.426. The van der Waals surface area contributed by atoms with Gasteiger partial charge in [-0.25, -0.2) is 0 Å². The number of hydrogen-bond acceptors (Lipinski definition) is 37. The van der Waals surface area contributed by atoms with Gasteiger partial charge in [0.15, 0.2) is 0 Å². The molecule has 49 heteroatoms. The zero-order valence-corrected chi connectivity index (χ0v) is 95.5. The van der Waals surface area contributed by atoms with Crippen LogP contribution in [0, 0.1) is 5.92 Å². The lowest BCUT2D eigenvalue weighted by molar-refractivity contribution is -0.102. The molecule has 0 amide bonds. The van der Waals surface area contributed by atoms with E-state index in [-0.39, 0.29) is 45.7 Å². The molecule has 0 aliphatic carbocycles. The van der Waals surface area contributed by atoms with E-state index in [1.165, 1.54) is 55.6 Å². The van der Waals surface area contributed by atoms with Gasteiger partial charge in [0.2, 0.25) is 0 Å². The van der Waals surface area contributed by atoms with Gasteiger partial charge in [-0.15, -0.1) is 0 Å². The molecule has 0 saturated carbocycles. The second kappa shape index (κ2) is 65.8. The molecule has 0 bridgehead atoms. The maximum absolute atomic E-state index is 10.1. The summed E-state index contributed by atoms with van der Waals surface area (Å²) in [4.78, 5) is 69.7. The Morgan fingerprint density at radius 3 is 0.744 bits per heavy atom. The SMILES string of the molecule is CCC[Si](CCCOCC(C)(O)C(C)O)(OC)O[Si](C)(C)O.CC[Si](CCCOCC(C)(O)C(C)O)(OC)O[Si](C)(C)O.CC[Si](CCCOCC(O)C(C)O)(OC)O[Si](C)(C)O.CO[Si](C)(CCCOCC(C)(O)C(C)O)O[Si](C)(C)O.CO[Si](CCCOCC(C)(O)C(C)O)(CC(C)C)O[Si](C)(C)O.CO[Si](O)(CCCOCC(O)C(C)O)O[Si](C)(C)O. The third kappa shape index (κ3) is 74.0. The van der Waals surface area contributed by atoms with Gasteiger partial charge in [-0.1, -0.05) is 41.0 Å². The summed E-state index contributed by atoms with van der Waals surface area (Å²) < 4.78 is 100.0. The predicted molar refractivity (Wildman–Crippen MR) is 511 cm³/mol. The molecule has 0 aromatic heterocycles. The molecular weight excluding hydrogens is 1840 g/mol. The van der Waals surface area contributed by atoms with E-state index in [0.717, 1.165) is 86.9 Å². The molecule has 18 unspecified atom stereocenters. The highest BCUT2D eigenvalue weighted by molar-refractivity contribution is 6.82. The smallest absolute Gasteiger partial charge is 0.415 e. The van der Waals surface area contributed by atoms with Crippen molar-refractivity contribution in [1.82, 2.24) is 0 Å². The third-order valence-electron chi connectivity index (χ3n) is 19.2. The number of hydrogen-bond donors (Lipinski definition) is 19. The molecule has 37 nitrogen and oxygen atoms in total. The monoisotopic (exact) mass is 2030 g/mol. The number of aliphatic hydroxyl groups is 12. The fourth-order valence-corrected chi connectivity index (χ4v) is 48.9. The fourth-order valence-electron chi connectivity index (χ4n) is 11.2. The maximum Gasteiger partial charge on any atom is 0.489 e. The van der Waals surface area contributed by atoms with Gasteiger partial charge in [0.1, 0.15) is 34.6 Å². The first kappa shape index (κ1) is 137. The van der Waals surface area contributed by atoms with Crippen LogP contribution < -0.4 is 0 Å². The lowest BCUT2D eigenvalue weighted by atomic mass is 10.0. The Hall–Kier alpha value is 1.12. The first-order valence-corrected chi connectivity index (χ1v) is 74.4. The van der Waals surface area contributed by atoms with Crippen molar-refractivity contribution < 1.29 is 175 Å². The number of aliphatic hydroxyl groups excluding tert-OH is 8. The van der Waals surface area contributed by atoms with Gasteiger partial charge in [-0.05, 0) is 253 Å². The molecule has 0 fully saturated rings. The summed E-state index contributed by atoms with van der Waals surface area (Å²) in [6.45, 7) is 51.1. The maximum atomic E-state index is 10.1. The predicted octanol–water partition coefficient (Wildman–Crippen LogP) is 6.39. The average Bonchev–Trinajstić information content (AvgIpc) is 0.806. The highest BCUT2D eigenvalue weighted by atomic mass is 28.5. The molecule has 0 aliphatic rings. The van der Waals surface area contributed by atoms with Crippen LogP contribution in [0.1, 0.15) is 149 Å². The van der Waals surface area contributed by atoms with Crippen molar-refractivity contribution in [3.05, 3.63) is 0 Å². The molecule has 0 saturated heterocycles. The summed E-state index contributed by atoms with van der Waals surface area (Å²) in [7, 11) is -21.8. The van der Waals surface area contributed by atoms with Crippen molar-refractivity contribution in [2.75, 3.05) is 122 Å². The molecule has 19 N–H and O–H groups in total. The van der Waals surface area contributed by atoms with Crippen molar-refractivity contribution in [2.45, 2.75) is 366 Å². The summed E-state index contributed by atoms with van der Waals surface area (Å²) in [6.07, 6.45) is -1.69. The van der Waals surface area contributed by atoms with E-state index < -0.39 is 174 Å². The Balaban J connectivity index is -0.000000340. The molecule has 762 valence electrons. The summed E-state index contributed by atoms with van der Waals surface area (Å²) >= 11 is 0. The Morgan fingerprint density at radius 2 is 0.520 bits per heavy atom. The van der Waals surface area contributed by atoms with E-state index >= 15 is 0 Å². The lowest BCUT2D eigenvalue weighted by Crippen LogP contribution is -2.51. The summed E-state index contributed by atoms with van der Waals surface area (Å²) in [5.41, 5.74) is -4.96. The Labute approximate surface area is 766 Å². The fraction of sp³-hybridized carbons (Fsp3) is 1.00. The van der Waals surface area contributed by atoms with Crippen LogP contribution in [0.2, 0.25) is 146 Å². The summed E-state index contributed by atoms with van der Waals surface area (Å²) in [6, 6.07) is 7.12. The molecule has 0 aliphatic heterocycles. The lowest BCUT2D eigenvalue weighted by Gasteiger charge is -2.35. The minimum Gasteiger partial charge on any atom is -0.415 e. The minimum atomic E-state index is -3.34. The average molecular weight is 2030 g/mol. The minimum absolute atomic E-state index is 0.0335. The standard InChI is InChI=1S/C15H36O6Si2.C14H34O6Si2.C13H32O6Si2.2C12H30O6Si2.C10H26O7Si2/c1-13(2)11-23(19-5,21-22(6,7)18)10-8-9-20-12-15(4,17)14(3)16;1-7-10-22(18-4,20-21(5,6)17)11-8-9-19-12-14(3,16)13(2)15;1-7-21(17-4,19-20(5,6)16)10-8-9-18-11-13(3,15)12(2)14;1-11(13)12(2,14)10-17-8-7-9-20(6,16-3)18-19(4,5)15;1-6-20(16-3,18-19(4,5)15)9-7-8-17-10-12(14)11(2)13;1-9(11)10(12)8-16-6-5-7-19(14,15-2)17-18(3,4)13/h13-14,16-18H,8-12H2,1-7H3;13,15-17H,7-12H2,1-6H3;12,14-16H,7-11H2,1-6H3;11,13-15H,7-10H2,1-6H3;11-15H,6-10H2,1-5H3;9-14H,5-8H2,1-4H3. The Kier molecular flexibility index (Phi) is 72.1. The van der Waals surface area contributed by atoms with Crippen LogP contribution in [-0.4, -0.2) is 391 Å². The van der Waals surface area contributed by atoms with E-state index in [1.54, 1.807) is 135 Å². The Bertz CT molecular complexity index is 2580. The van der Waals surface area contributed by atoms with Crippen LogP contribution in [0.3, 0.4) is 0 Å². The van der Waals surface area contributed by atoms with Crippen molar-refractivity contribution >= 4 is 103 Å². The van der Waals surface area contributed by atoms with Crippen LogP contribution in [0.5, 0.6) is 0 Å². The molecule has 0 heterocycles. The second-order valence-corrected chi connectivity index (χ2v) is 77.8. The first-order chi connectivity index (χ1) is 56.5. The molecule has 18 atom stereocenters. The molecule has 0 radical (unpaired) electrons. The van der Waals surface area contributed by atoms with Gasteiger partial charge < -0.3 is 175 Å². The normalized spacial score (nSPS) is 19.4. The van der Waals surface area contributed by atoms with Crippen molar-refractivity contribution in [3.63, 3.8) is 0 Å². The van der Waals surface area contributed by atoms with Gasteiger partial charge in [0.25, 0.3) is 0 Å². The van der Waals surface area contributed by atoms with Crippen molar-refractivity contribution in [3.8, 4) is 0 Å². The van der Waals surface area contributed by atoms with Crippen molar-refractivity contribution in [1.29, 1.82) is 0 Å². The van der Waals surface area contributed by atoms with Gasteiger partial charge in [-0.2, -0.15) is 0 Å². The van der Waals surface area contributed by atoms with E-state index in [9.17, 15) is 84.6 Å². The number of ether oxygens (including phenoxy) is 6. The molecular formula is C76H188O37Si12. The largest absolute Gasteiger partial charge is 0.489 e. The third-order valence-corrected chi connectivity index (χ3v) is 56.2. The molecule has 0 spiro atoms. The number of rotatable bonds is 66. The van der Waals surface area contributed by atoms with E-state index in [2.05, 4.69) is 20.8 Å². The van der Waals surface area contributed by atoms with Gasteiger partial charge in [0.05, 0.1) is 76.3 Å². The zero-order valence-electron chi connectivity index (χ0n) is 83.5. The molecule has 0 aromatic rings. The topological polar surface area (TPSA) is 551 Å². The van der Waals surface area contributed by atoms with E-state index in [4.69, 9.17) is 89.9 Å². The van der Waals surface area contributed by atoms with Gasteiger partial charge in [0, 0.05) is 88.3 Å². The van der Waals surface area contributed by atoms with Gasteiger partial charge >= 0.3 is 103 Å². The first-order valence-electron chi connectivity index (χ1n) is 43.8. The van der Waals surface area contributed by atoms with E-state index in [0.29, 0.717) is 58.0 Å². The Morgan fingerprint density at radius 1 is 0.280 bits per heavy atom. The molecule has 0 aromatic carbocycles. The second-order valence-electron chi connectivity index (χ2n) is 36.8. The van der Waals surface area contributed by atoms with Crippen LogP contribution in [-0.2, 0) is 79.7 Å². The molecule has 0 rings (SSSR count). The zero-order chi connectivity index (χ0) is 99.4. The quantitative estimate of drug-likeness (QED) is 0.0232. The van der Waals surface area contributed by atoms with Crippen LogP contribution >= 0.6 is 0 Å². The molecule has 125 heavy (non-hydrogen) atoms. The van der Waals surface area contributed by atoms with Crippen LogP contribution in [0.15, 0.2) is 0 Å². The summed E-state index contributed by atoms with van der Waals surface area (Å²) in [5, 5.41) is 114.